The molecule has 0 radical (unpaired) electrons. The summed E-state index contributed by atoms with van der Waals surface area (Å²) in [6, 6.07) is 0.171. The zero-order valence-corrected chi connectivity index (χ0v) is 20.8. The highest BCUT2D eigenvalue weighted by Crippen LogP contribution is 2.19. The van der Waals surface area contributed by atoms with Gasteiger partial charge in [0.1, 0.15) is 6.54 Å². The maximum atomic E-state index is 11.9. The zero-order chi connectivity index (χ0) is 20.7. The first kappa shape index (κ1) is 25.6. The number of rotatable bonds is 6. The van der Waals surface area contributed by atoms with Crippen LogP contribution in [0.25, 0.3) is 0 Å². The molecule has 1 saturated heterocycles. The van der Waals surface area contributed by atoms with Gasteiger partial charge >= 0.3 is 0 Å². The number of aliphatic imine (C=N–C) groups is 1. The summed E-state index contributed by atoms with van der Waals surface area (Å²) >= 11 is 0. The molecule has 0 aliphatic carbocycles. The molecule has 0 atom stereocenters. The van der Waals surface area contributed by atoms with Gasteiger partial charge in [-0.2, -0.15) is 4.98 Å². The first-order chi connectivity index (χ1) is 13.2. The number of carbonyl (C=O) groups excluding carboxylic acids is 1. The zero-order valence-electron chi connectivity index (χ0n) is 18.5. The number of hydrogen-bond donors (Lipinski definition) is 2. The summed E-state index contributed by atoms with van der Waals surface area (Å²) in [6.45, 7) is 17.0. The van der Waals surface area contributed by atoms with Gasteiger partial charge in [0, 0.05) is 44.2 Å². The van der Waals surface area contributed by atoms with Crippen molar-refractivity contribution in [2.45, 2.75) is 59.5 Å². The van der Waals surface area contributed by atoms with E-state index in [-0.39, 0.29) is 41.3 Å². The summed E-state index contributed by atoms with van der Waals surface area (Å²) in [5.41, 5.74) is -0.169. The van der Waals surface area contributed by atoms with Gasteiger partial charge in [0.15, 0.2) is 11.8 Å². The average Bonchev–Trinajstić information content (AvgIpc) is 3.08. The average molecular weight is 521 g/mol. The molecule has 0 unspecified atom stereocenters. The molecule has 1 aromatic heterocycles. The van der Waals surface area contributed by atoms with Crippen molar-refractivity contribution in [3.63, 3.8) is 0 Å². The van der Waals surface area contributed by atoms with E-state index in [9.17, 15) is 4.79 Å². The number of carbonyl (C=O) groups is 1. The van der Waals surface area contributed by atoms with E-state index in [1.54, 1.807) is 0 Å². The number of piperazine rings is 1. The van der Waals surface area contributed by atoms with Crippen LogP contribution in [-0.2, 0) is 16.8 Å². The third kappa shape index (κ3) is 8.45. The van der Waals surface area contributed by atoms with Crippen molar-refractivity contribution < 1.29 is 9.32 Å². The maximum absolute atomic E-state index is 11.9. The van der Waals surface area contributed by atoms with Gasteiger partial charge in [0.2, 0.25) is 11.8 Å². The van der Waals surface area contributed by atoms with Gasteiger partial charge in [-0.25, -0.2) is 4.99 Å². The molecule has 9 nitrogen and oxygen atoms in total. The highest BCUT2D eigenvalue weighted by molar-refractivity contribution is 14.0. The first-order valence-corrected chi connectivity index (χ1v) is 10.1. The van der Waals surface area contributed by atoms with E-state index in [1.807, 2.05) is 41.5 Å². The predicted molar refractivity (Wildman–Crippen MR) is 125 cm³/mol. The van der Waals surface area contributed by atoms with Crippen LogP contribution in [0.1, 0.15) is 53.3 Å². The minimum Gasteiger partial charge on any atom is -0.357 e. The van der Waals surface area contributed by atoms with E-state index in [0.717, 1.165) is 38.7 Å². The molecule has 29 heavy (non-hydrogen) atoms. The molecule has 2 heterocycles. The molecule has 2 rings (SSSR count). The molecule has 1 fully saturated rings. The van der Waals surface area contributed by atoms with Gasteiger partial charge in [-0.15, -0.1) is 24.0 Å². The summed E-state index contributed by atoms with van der Waals surface area (Å²) in [6.07, 6.45) is 0. The quantitative estimate of drug-likeness (QED) is 0.333. The summed E-state index contributed by atoms with van der Waals surface area (Å²) in [4.78, 5) is 25.5. The fourth-order valence-corrected chi connectivity index (χ4v) is 2.88. The first-order valence-electron chi connectivity index (χ1n) is 10.1. The number of nitrogens with one attached hydrogen (secondary N) is 2. The minimum atomic E-state index is -0.169. The molecule has 166 valence electrons. The van der Waals surface area contributed by atoms with Gasteiger partial charge in [0.05, 0.1) is 6.54 Å². The smallest absolute Gasteiger partial charge is 0.234 e. The van der Waals surface area contributed by atoms with Crippen LogP contribution in [0.3, 0.4) is 0 Å². The SMILES string of the molecule is CCNC(=NCc1noc(C(C)(C)C)n1)N1CCN(CC(=O)NC(C)C)CC1.I. The van der Waals surface area contributed by atoms with Crippen LogP contribution in [0.4, 0.5) is 0 Å². The molecule has 2 N–H and O–H groups in total. The number of halogens is 1. The second kappa shape index (κ2) is 11.7. The van der Waals surface area contributed by atoms with Crippen molar-refractivity contribution >= 4 is 35.8 Å². The van der Waals surface area contributed by atoms with Crippen LogP contribution in [0.15, 0.2) is 9.52 Å². The van der Waals surface area contributed by atoms with Crippen LogP contribution < -0.4 is 10.6 Å². The van der Waals surface area contributed by atoms with E-state index < -0.39 is 0 Å². The van der Waals surface area contributed by atoms with Gasteiger partial charge < -0.3 is 20.1 Å². The van der Waals surface area contributed by atoms with Crippen LogP contribution in [-0.4, -0.2) is 77.1 Å². The van der Waals surface area contributed by atoms with Crippen molar-refractivity contribution in [3.05, 3.63) is 11.7 Å². The molecular weight excluding hydrogens is 485 g/mol. The molecule has 1 aliphatic heterocycles. The number of aromatic nitrogens is 2. The fraction of sp³-hybridized carbons (Fsp3) is 0.789. The topological polar surface area (TPSA) is 98.9 Å². The Morgan fingerprint density at radius 2 is 1.90 bits per heavy atom. The van der Waals surface area contributed by atoms with Crippen molar-refractivity contribution in [1.29, 1.82) is 0 Å². The molecule has 1 aromatic rings. The second-order valence-electron chi connectivity index (χ2n) is 8.42. The van der Waals surface area contributed by atoms with Crippen molar-refractivity contribution in [2.75, 3.05) is 39.3 Å². The summed E-state index contributed by atoms with van der Waals surface area (Å²) in [7, 11) is 0. The molecule has 0 saturated carbocycles. The molecule has 0 aromatic carbocycles. The third-order valence-electron chi connectivity index (χ3n) is 4.30. The monoisotopic (exact) mass is 521 g/mol. The number of amides is 1. The van der Waals surface area contributed by atoms with Crippen LogP contribution >= 0.6 is 24.0 Å². The number of guanidine groups is 1. The predicted octanol–water partition coefficient (Wildman–Crippen LogP) is 1.59. The van der Waals surface area contributed by atoms with Crippen molar-refractivity contribution in [1.82, 2.24) is 30.6 Å². The molecule has 1 amide bonds. The normalized spacial score (nSPS) is 16.0. The Labute approximate surface area is 191 Å². The van der Waals surface area contributed by atoms with E-state index in [4.69, 9.17) is 4.52 Å². The maximum Gasteiger partial charge on any atom is 0.234 e. The Bertz CT molecular complexity index is 662. The minimum absolute atomic E-state index is 0. The van der Waals surface area contributed by atoms with Crippen molar-refractivity contribution in [3.8, 4) is 0 Å². The molecular formula is C19H36IN7O2. The largest absolute Gasteiger partial charge is 0.357 e. The Hall–Kier alpha value is -1.43. The van der Waals surface area contributed by atoms with Gasteiger partial charge in [-0.3, -0.25) is 9.69 Å². The van der Waals surface area contributed by atoms with E-state index in [1.165, 1.54) is 0 Å². The number of hydrogen-bond acceptors (Lipinski definition) is 6. The van der Waals surface area contributed by atoms with Crippen LogP contribution in [0.5, 0.6) is 0 Å². The Balaban J connectivity index is 0.00000420. The fourth-order valence-electron chi connectivity index (χ4n) is 2.88. The lowest BCUT2D eigenvalue weighted by Crippen LogP contribution is -2.54. The van der Waals surface area contributed by atoms with Crippen LogP contribution in [0.2, 0.25) is 0 Å². The molecule has 1 aliphatic rings. The lowest BCUT2D eigenvalue weighted by atomic mass is 9.97. The lowest BCUT2D eigenvalue weighted by Gasteiger charge is -2.36. The standard InChI is InChI=1S/C19H35N7O2.HI/c1-7-20-18(21-12-15-23-17(28-24-15)19(4,5)6)26-10-8-25(9-11-26)13-16(27)22-14(2)3;/h14H,7-13H2,1-6H3,(H,20,21)(H,22,27);1H. The second-order valence-corrected chi connectivity index (χ2v) is 8.42. The summed E-state index contributed by atoms with van der Waals surface area (Å²) in [5.74, 6) is 2.13. The van der Waals surface area contributed by atoms with Crippen LogP contribution in [0, 0.1) is 0 Å². The van der Waals surface area contributed by atoms with Gasteiger partial charge in [0.25, 0.3) is 0 Å². The molecule has 10 heteroatoms. The Morgan fingerprint density at radius 1 is 1.24 bits per heavy atom. The van der Waals surface area contributed by atoms with E-state index >= 15 is 0 Å². The molecule has 0 spiro atoms. The number of nitrogens with zero attached hydrogens (tertiary/aromatic N) is 5. The summed E-state index contributed by atoms with van der Waals surface area (Å²) in [5, 5.41) is 10.3. The van der Waals surface area contributed by atoms with Crippen molar-refractivity contribution in [2.24, 2.45) is 4.99 Å². The Kier molecular flexibility index (Phi) is 10.3. The van der Waals surface area contributed by atoms with Gasteiger partial charge in [-0.1, -0.05) is 25.9 Å². The lowest BCUT2D eigenvalue weighted by molar-refractivity contribution is -0.123. The van der Waals surface area contributed by atoms with E-state index in [0.29, 0.717) is 24.8 Å². The Morgan fingerprint density at radius 3 is 2.41 bits per heavy atom. The summed E-state index contributed by atoms with van der Waals surface area (Å²) < 4.78 is 5.34. The van der Waals surface area contributed by atoms with E-state index in [2.05, 4.69) is 35.6 Å². The highest BCUT2D eigenvalue weighted by atomic mass is 127. The van der Waals surface area contributed by atoms with Gasteiger partial charge in [-0.05, 0) is 20.8 Å². The highest BCUT2D eigenvalue weighted by Gasteiger charge is 2.23. The third-order valence-corrected chi connectivity index (χ3v) is 4.30. The molecule has 0 bridgehead atoms.